The molecule has 2 aromatic carbocycles. The molecule has 2 rings (SSSR count). The van der Waals surface area contributed by atoms with E-state index in [1.54, 1.807) is 6.08 Å². The monoisotopic (exact) mass is 322 g/mol. The van der Waals surface area contributed by atoms with Crippen molar-refractivity contribution in [1.29, 1.82) is 0 Å². The van der Waals surface area contributed by atoms with E-state index in [1.165, 1.54) is 11.3 Å². The van der Waals surface area contributed by atoms with Crippen LogP contribution in [0.4, 0.5) is 11.4 Å². The van der Waals surface area contributed by atoms with Crippen LogP contribution in [0, 0.1) is 13.8 Å². The first-order valence-electron chi connectivity index (χ1n) is 8.44. The highest BCUT2D eigenvalue weighted by atomic mass is 16.1. The van der Waals surface area contributed by atoms with Crippen molar-refractivity contribution in [3.8, 4) is 0 Å². The number of carbonyl (C=O) groups excluding carboxylic acids is 1. The van der Waals surface area contributed by atoms with E-state index in [9.17, 15) is 4.79 Å². The number of nitrogens with one attached hydrogen (secondary N) is 1. The van der Waals surface area contributed by atoms with Gasteiger partial charge in [-0.15, -0.1) is 0 Å². The van der Waals surface area contributed by atoms with Gasteiger partial charge in [-0.05, 0) is 63.1 Å². The van der Waals surface area contributed by atoms with Gasteiger partial charge >= 0.3 is 0 Å². The number of benzene rings is 2. The molecule has 0 aliphatic carbocycles. The maximum Gasteiger partial charge on any atom is 0.248 e. The third-order valence-corrected chi connectivity index (χ3v) is 4.10. The Morgan fingerprint density at radius 3 is 2.29 bits per heavy atom. The van der Waals surface area contributed by atoms with Crippen LogP contribution in [0.3, 0.4) is 0 Å². The van der Waals surface area contributed by atoms with E-state index >= 15 is 0 Å². The van der Waals surface area contributed by atoms with Crippen molar-refractivity contribution in [2.24, 2.45) is 0 Å². The topological polar surface area (TPSA) is 32.3 Å². The lowest BCUT2D eigenvalue weighted by Gasteiger charge is -2.22. The number of hydrogen-bond donors (Lipinski definition) is 1. The molecular formula is C21H26N2O. The average molecular weight is 322 g/mol. The molecule has 0 radical (unpaired) electrons. The second-order valence-corrected chi connectivity index (χ2v) is 5.90. The van der Waals surface area contributed by atoms with Gasteiger partial charge in [-0.3, -0.25) is 4.79 Å². The van der Waals surface area contributed by atoms with Crippen LogP contribution < -0.4 is 10.2 Å². The number of nitrogens with zero attached hydrogens (tertiary/aromatic N) is 1. The fourth-order valence-corrected chi connectivity index (χ4v) is 2.60. The summed E-state index contributed by atoms with van der Waals surface area (Å²) >= 11 is 0. The smallest absolute Gasteiger partial charge is 0.248 e. The minimum Gasteiger partial charge on any atom is -0.372 e. The second-order valence-electron chi connectivity index (χ2n) is 5.90. The van der Waals surface area contributed by atoms with Crippen LogP contribution in [0.1, 0.15) is 30.5 Å². The van der Waals surface area contributed by atoms with Crippen molar-refractivity contribution >= 4 is 23.4 Å². The average Bonchev–Trinajstić information content (AvgIpc) is 2.58. The highest BCUT2D eigenvalue weighted by molar-refractivity contribution is 6.02. The molecule has 1 amide bonds. The van der Waals surface area contributed by atoms with Crippen molar-refractivity contribution in [3.63, 3.8) is 0 Å². The molecule has 3 nitrogen and oxygen atoms in total. The van der Waals surface area contributed by atoms with E-state index in [-0.39, 0.29) is 5.91 Å². The zero-order valence-corrected chi connectivity index (χ0v) is 15.0. The molecule has 0 aromatic heterocycles. The summed E-state index contributed by atoms with van der Waals surface area (Å²) in [6.45, 7) is 10.3. The summed E-state index contributed by atoms with van der Waals surface area (Å²) in [6.07, 6.45) is 3.40. The molecule has 0 unspecified atom stereocenters. The summed E-state index contributed by atoms with van der Waals surface area (Å²) in [4.78, 5) is 14.4. The molecule has 24 heavy (non-hydrogen) atoms. The van der Waals surface area contributed by atoms with Gasteiger partial charge in [-0.25, -0.2) is 0 Å². The maximum absolute atomic E-state index is 12.1. The number of aryl methyl sites for hydroxylation is 2. The highest BCUT2D eigenvalue weighted by Crippen LogP contribution is 2.22. The first kappa shape index (κ1) is 17.8. The lowest BCUT2D eigenvalue weighted by molar-refractivity contribution is -0.111. The zero-order valence-electron chi connectivity index (χ0n) is 15.0. The number of hydrogen-bond acceptors (Lipinski definition) is 2. The minimum atomic E-state index is -0.116. The lowest BCUT2D eigenvalue weighted by atomic mass is 10.1. The molecule has 0 spiro atoms. The largest absolute Gasteiger partial charge is 0.372 e. The van der Waals surface area contributed by atoms with E-state index < -0.39 is 0 Å². The van der Waals surface area contributed by atoms with Gasteiger partial charge in [0.05, 0.1) is 0 Å². The quantitative estimate of drug-likeness (QED) is 0.775. The number of carbonyl (C=O) groups is 1. The predicted molar refractivity (Wildman–Crippen MR) is 104 cm³/mol. The number of rotatable bonds is 6. The van der Waals surface area contributed by atoms with Crippen LogP contribution in [0.15, 0.2) is 48.5 Å². The molecule has 2 aromatic rings. The third-order valence-electron chi connectivity index (χ3n) is 4.10. The van der Waals surface area contributed by atoms with Gasteiger partial charge in [0.15, 0.2) is 0 Å². The van der Waals surface area contributed by atoms with Gasteiger partial charge in [0, 0.05) is 30.5 Å². The van der Waals surface area contributed by atoms with Gasteiger partial charge in [-0.2, -0.15) is 0 Å². The molecule has 0 fully saturated rings. The van der Waals surface area contributed by atoms with Crippen LogP contribution in [0.25, 0.3) is 6.08 Å². The molecule has 0 aliphatic heterocycles. The van der Waals surface area contributed by atoms with Gasteiger partial charge in [-0.1, -0.05) is 29.8 Å². The summed E-state index contributed by atoms with van der Waals surface area (Å²) in [6, 6.07) is 14.2. The minimum absolute atomic E-state index is 0.116. The Balaban J connectivity index is 2.04. The van der Waals surface area contributed by atoms with Crippen LogP contribution in [-0.2, 0) is 4.79 Å². The molecule has 0 saturated carbocycles. The van der Waals surface area contributed by atoms with Crippen LogP contribution in [0.2, 0.25) is 0 Å². The summed E-state index contributed by atoms with van der Waals surface area (Å²) in [7, 11) is 0. The zero-order chi connectivity index (χ0) is 17.5. The van der Waals surface area contributed by atoms with Crippen molar-refractivity contribution in [2.45, 2.75) is 27.7 Å². The Morgan fingerprint density at radius 2 is 1.71 bits per heavy atom. The van der Waals surface area contributed by atoms with Crippen molar-refractivity contribution in [3.05, 3.63) is 65.2 Å². The van der Waals surface area contributed by atoms with E-state index in [4.69, 9.17) is 0 Å². The standard InChI is InChI=1S/C21H26N2O/c1-5-23(6-2)19-12-13-20(17(4)15-19)22-21(24)14-11-18-9-7-16(3)8-10-18/h7-15H,5-6H2,1-4H3,(H,22,24)/b14-11+. The van der Waals surface area contributed by atoms with E-state index in [0.29, 0.717) is 0 Å². The van der Waals surface area contributed by atoms with Crippen molar-refractivity contribution in [2.75, 3.05) is 23.3 Å². The van der Waals surface area contributed by atoms with E-state index in [0.717, 1.165) is 29.9 Å². The van der Waals surface area contributed by atoms with Gasteiger partial charge < -0.3 is 10.2 Å². The van der Waals surface area contributed by atoms with Crippen LogP contribution >= 0.6 is 0 Å². The summed E-state index contributed by atoms with van der Waals surface area (Å²) < 4.78 is 0. The van der Waals surface area contributed by atoms with Crippen molar-refractivity contribution < 1.29 is 4.79 Å². The second kappa shape index (κ2) is 8.34. The summed E-state index contributed by atoms with van der Waals surface area (Å²) in [5.74, 6) is -0.116. The van der Waals surface area contributed by atoms with Gasteiger partial charge in [0.2, 0.25) is 5.91 Å². The van der Waals surface area contributed by atoms with Crippen LogP contribution in [-0.4, -0.2) is 19.0 Å². The molecule has 0 atom stereocenters. The fraction of sp³-hybridized carbons (Fsp3) is 0.286. The Bertz CT molecular complexity index is 713. The van der Waals surface area contributed by atoms with E-state index in [2.05, 4.69) is 36.2 Å². The normalized spacial score (nSPS) is 10.8. The molecule has 0 bridgehead atoms. The Morgan fingerprint density at radius 1 is 1.04 bits per heavy atom. The Kier molecular flexibility index (Phi) is 6.19. The molecular weight excluding hydrogens is 296 g/mol. The highest BCUT2D eigenvalue weighted by Gasteiger charge is 2.06. The fourth-order valence-electron chi connectivity index (χ4n) is 2.60. The lowest BCUT2D eigenvalue weighted by Crippen LogP contribution is -2.22. The first-order valence-corrected chi connectivity index (χ1v) is 8.44. The van der Waals surface area contributed by atoms with Crippen LogP contribution in [0.5, 0.6) is 0 Å². The number of amides is 1. The molecule has 0 aliphatic rings. The number of anilines is 2. The maximum atomic E-state index is 12.1. The molecule has 3 heteroatoms. The molecule has 1 N–H and O–H groups in total. The molecule has 126 valence electrons. The third kappa shape index (κ3) is 4.72. The van der Waals surface area contributed by atoms with Gasteiger partial charge in [0.1, 0.15) is 0 Å². The first-order chi connectivity index (χ1) is 11.5. The molecule has 0 heterocycles. The predicted octanol–water partition coefficient (Wildman–Crippen LogP) is 4.80. The van der Waals surface area contributed by atoms with Gasteiger partial charge in [0.25, 0.3) is 0 Å². The van der Waals surface area contributed by atoms with E-state index in [1.807, 2.05) is 50.3 Å². The SMILES string of the molecule is CCN(CC)c1ccc(NC(=O)/C=C/c2ccc(C)cc2)c(C)c1. The summed E-state index contributed by atoms with van der Waals surface area (Å²) in [5.41, 5.74) is 5.33. The Labute approximate surface area is 145 Å². The summed E-state index contributed by atoms with van der Waals surface area (Å²) in [5, 5.41) is 2.95. The van der Waals surface area contributed by atoms with Crippen molar-refractivity contribution in [1.82, 2.24) is 0 Å². The Hall–Kier alpha value is -2.55. The molecule has 0 saturated heterocycles.